The number of benzene rings is 2. The zero-order chi connectivity index (χ0) is 28.7. The Morgan fingerprint density at radius 1 is 1.12 bits per heavy atom. The molecule has 1 fully saturated rings. The number of nitrogens with one attached hydrogen (secondary N) is 1. The number of rotatable bonds is 5. The molecule has 0 radical (unpaired) electrons. The van der Waals surface area contributed by atoms with Gasteiger partial charge in [-0.05, 0) is 61.2 Å². The number of fused-ring (bicyclic) bond motifs is 3. The van der Waals surface area contributed by atoms with Crippen LogP contribution in [0, 0.1) is 12.7 Å². The molecular formula is C31H29FN4O3S2. The Hall–Kier alpha value is -3.89. The van der Waals surface area contributed by atoms with Crippen molar-refractivity contribution in [3.8, 4) is 10.4 Å². The van der Waals surface area contributed by atoms with Crippen molar-refractivity contribution in [3.63, 3.8) is 0 Å². The van der Waals surface area contributed by atoms with E-state index in [0.29, 0.717) is 46.4 Å². The van der Waals surface area contributed by atoms with Gasteiger partial charge in [-0.15, -0.1) is 11.3 Å². The Bertz CT molecular complexity index is 1670. The van der Waals surface area contributed by atoms with E-state index in [1.165, 1.54) is 17.4 Å². The van der Waals surface area contributed by atoms with Crippen molar-refractivity contribution in [2.45, 2.75) is 25.8 Å². The smallest absolute Gasteiger partial charge is 0.276 e. The minimum atomic E-state index is -0.810. The number of amides is 2. The minimum absolute atomic E-state index is 0.136. The van der Waals surface area contributed by atoms with Gasteiger partial charge in [0, 0.05) is 52.4 Å². The van der Waals surface area contributed by atoms with Crippen molar-refractivity contribution in [3.05, 3.63) is 94.2 Å². The molecule has 0 aliphatic carbocycles. The second-order valence-electron chi connectivity index (χ2n) is 10.3. The summed E-state index contributed by atoms with van der Waals surface area (Å²) in [4.78, 5) is 36.9. The fraction of sp³-hybridized carbons (Fsp3) is 0.258. The van der Waals surface area contributed by atoms with Gasteiger partial charge in [-0.2, -0.15) is 0 Å². The van der Waals surface area contributed by atoms with Crippen LogP contribution in [0.5, 0.6) is 0 Å². The molecule has 2 aliphatic rings. The third-order valence-corrected chi connectivity index (χ3v) is 10.4. The molecule has 2 unspecified atom stereocenters. The van der Waals surface area contributed by atoms with E-state index >= 15 is 0 Å². The number of carbonyl (C=O) groups excluding carboxylic acids is 2. The monoisotopic (exact) mass is 588 g/mol. The van der Waals surface area contributed by atoms with Crippen LogP contribution in [0.4, 0.5) is 21.6 Å². The normalized spacial score (nSPS) is 17.9. The number of para-hydroxylation sites is 2. The molecular weight excluding hydrogens is 559 g/mol. The van der Waals surface area contributed by atoms with Crippen LogP contribution in [0.15, 0.2) is 66.7 Å². The van der Waals surface area contributed by atoms with Gasteiger partial charge in [-0.1, -0.05) is 36.4 Å². The number of hydrogen-bond acceptors (Lipinski definition) is 6. The number of aryl methyl sites for hydroxylation is 1. The number of hydrogen-bond donors (Lipinski definition) is 1. The summed E-state index contributed by atoms with van der Waals surface area (Å²) in [5.41, 5.74) is 3.75. The topological polar surface area (TPSA) is 82.6 Å². The summed E-state index contributed by atoms with van der Waals surface area (Å²) < 4.78 is 26.3. The van der Waals surface area contributed by atoms with Crippen LogP contribution >= 0.6 is 11.3 Å². The first-order valence-corrected chi connectivity index (χ1v) is 15.8. The molecule has 1 N–H and O–H groups in total. The molecule has 0 spiro atoms. The van der Waals surface area contributed by atoms with Gasteiger partial charge in [0.25, 0.3) is 11.8 Å². The second kappa shape index (κ2) is 11.2. The third kappa shape index (κ3) is 5.29. The quantitative estimate of drug-likeness (QED) is 0.325. The predicted octanol–water partition coefficient (Wildman–Crippen LogP) is 5.67. The molecule has 41 heavy (non-hydrogen) atoms. The average molecular weight is 589 g/mol. The van der Waals surface area contributed by atoms with E-state index in [-0.39, 0.29) is 23.5 Å². The average Bonchev–Trinajstić information content (AvgIpc) is 3.58. The number of aromatic nitrogens is 1. The molecule has 2 aromatic heterocycles. The van der Waals surface area contributed by atoms with Crippen LogP contribution in [-0.4, -0.2) is 52.1 Å². The van der Waals surface area contributed by atoms with Crippen LogP contribution in [0.2, 0.25) is 0 Å². The first-order valence-electron chi connectivity index (χ1n) is 13.5. The van der Waals surface area contributed by atoms with E-state index in [1.807, 2.05) is 54.4 Å². The summed E-state index contributed by atoms with van der Waals surface area (Å²) in [5.74, 6) is 0.941. The Kier molecular flexibility index (Phi) is 7.44. The number of halogens is 1. The fourth-order valence-electron chi connectivity index (χ4n) is 5.40. The summed E-state index contributed by atoms with van der Waals surface area (Å²) in [5, 5.41) is 2.73. The minimum Gasteiger partial charge on any atom is -0.356 e. The molecule has 7 nitrogen and oxygen atoms in total. The molecule has 2 amide bonds. The summed E-state index contributed by atoms with van der Waals surface area (Å²) in [6, 6.07) is 19.8. The van der Waals surface area contributed by atoms with Crippen LogP contribution in [0.25, 0.3) is 10.4 Å². The lowest BCUT2D eigenvalue weighted by Gasteiger charge is -2.26. The Balaban J connectivity index is 1.28. The van der Waals surface area contributed by atoms with Crippen molar-refractivity contribution in [2.75, 3.05) is 40.2 Å². The van der Waals surface area contributed by atoms with E-state index < -0.39 is 16.6 Å². The van der Waals surface area contributed by atoms with Crippen LogP contribution in [0.1, 0.15) is 37.7 Å². The van der Waals surface area contributed by atoms with Crippen molar-refractivity contribution >= 4 is 51.1 Å². The molecule has 4 heterocycles. The van der Waals surface area contributed by atoms with Crippen molar-refractivity contribution in [1.82, 2.24) is 4.98 Å². The van der Waals surface area contributed by atoms with Gasteiger partial charge in [-0.3, -0.25) is 13.8 Å². The van der Waals surface area contributed by atoms with Crippen molar-refractivity contribution in [2.24, 2.45) is 0 Å². The molecule has 1 saturated heterocycles. The maximum Gasteiger partial charge on any atom is 0.276 e. The third-order valence-electron chi connectivity index (χ3n) is 7.70. The van der Waals surface area contributed by atoms with Crippen LogP contribution in [0.3, 0.4) is 0 Å². The van der Waals surface area contributed by atoms with Crippen molar-refractivity contribution < 1.29 is 18.2 Å². The fourth-order valence-corrected chi connectivity index (χ4v) is 8.06. The predicted molar refractivity (Wildman–Crippen MR) is 163 cm³/mol. The number of nitrogens with zero attached hydrogens (tertiary/aromatic N) is 3. The molecule has 2 atom stereocenters. The highest BCUT2D eigenvalue weighted by Gasteiger charge is 2.30. The summed E-state index contributed by atoms with van der Waals surface area (Å²) >= 11 is 1.34. The molecule has 2 aromatic carbocycles. The van der Waals surface area contributed by atoms with Gasteiger partial charge >= 0.3 is 0 Å². The molecule has 4 aromatic rings. The lowest BCUT2D eigenvalue weighted by molar-refractivity contribution is 0.0981. The number of pyridine rings is 1. The lowest BCUT2D eigenvalue weighted by Crippen LogP contribution is -2.35. The highest BCUT2D eigenvalue weighted by atomic mass is 32.2. The largest absolute Gasteiger partial charge is 0.356 e. The van der Waals surface area contributed by atoms with Gasteiger partial charge in [-0.25, -0.2) is 9.37 Å². The summed E-state index contributed by atoms with van der Waals surface area (Å²) in [6.45, 7) is 2.17. The highest BCUT2D eigenvalue weighted by molar-refractivity contribution is 7.85. The number of thiophene rings is 1. The maximum atomic E-state index is 14.4. The Morgan fingerprint density at radius 3 is 2.71 bits per heavy atom. The number of anilines is 3. The SMILES string of the molecule is Cc1cccc(F)c1NC(=O)c1cc2c(s1)-c1ccccc1N(C(=O)c1cccc(N(C)C3CCS(=O)C3)n1)CC2. The van der Waals surface area contributed by atoms with E-state index in [1.54, 1.807) is 30.0 Å². The van der Waals surface area contributed by atoms with Crippen LogP contribution < -0.4 is 15.1 Å². The summed E-state index contributed by atoms with van der Waals surface area (Å²) in [6.07, 6.45) is 1.39. The van der Waals surface area contributed by atoms with Gasteiger partial charge in [0.05, 0.1) is 16.3 Å². The molecule has 0 saturated carbocycles. The van der Waals surface area contributed by atoms with Gasteiger partial charge in [0.15, 0.2) is 0 Å². The molecule has 10 heteroatoms. The van der Waals surface area contributed by atoms with E-state index in [4.69, 9.17) is 4.98 Å². The zero-order valence-corrected chi connectivity index (χ0v) is 24.4. The molecule has 210 valence electrons. The molecule has 2 aliphatic heterocycles. The van der Waals surface area contributed by atoms with E-state index in [2.05, 4.69) is 5.32 Å². The summed E-state index contributed by atoms with van der Waals surface area (Å²) in [7, 11) is 1.12. The Labute approximate surface area is 244 Å². The van der Waals surface area contributed by atoms with E-state index in [0.717, 1.165) is 28.1 Å². The van der Waals surface area contributed by atoms with Gasteiger partial charge < -0.3 is 15.1 Å². The molecule has 6 rings (SSSR count). The lowest BCUT2D eigenvalue weighted by atomic mass is 10.1. The zero-order valence-electron chi connectivity index (χ0n) is 22.7. The maximum absolute atomic E-state index is 14.4. The highest BCUT2D eigenvalue weighted by Crippen LogP contribution is 2.42. The standard InChI is InChI=1S/C31H29FN4O3S2/c1-19-7-5-9-23(32)28(19)34-30(37)26-17-20-13-15-36(25-11-4-3-8-22(25)29(20)40-26)31(38)24-10-6-12-27(33-24)35(2)21-14-16-41(39)18-21/h3-12,17,21H,13-16,18H2,1-2H3,(H,34,37). The van der Waals surface area contributed by atoms with E-state index in [9.17, 15) is 18.2 Å². The second-order valence-corrected chi connectivity index (χ2v) is 13.0. The van der Waals surface area contributed by atoms with Crippen molar-refractivity contribution in [1.29, 1.82) is 0 Å². The number of carbonyl (C=O) groups is 2. The van der Waals surface area contributed by atoms with Crippen LogP contribution in [-0.2, 0) is 17.2 Å². The Morgan fingerprint density at radius 2 is 1.93 bits per heavy atom. The first-order chi connectivity index (χ1) is 19.8. The first kappa shape index (κ1) is 27.3. The molecule has 0 bridgehead atoms. The van der Waals surface area contributed by atoms with Gasteiger partial charge in [0.1, 0.15) is 17.3 Å². The van der Waals surface area contributed by atoms with Gasteiger partial charge in [0.2, 0.25) is 0 Å².